The number of anilines is 1. The zero-order valence-electron chi connectivity index (χ0n) is 14.5. The number of rotatable bonds is 5. The number of hydrogen-bond donors (Lipinski definition) is 1. The molecule has 0 amide bonds. The summed E-state index contributed by atoms with van der Waals surface area (Å²) in [5.41, 5.74) is 1.85. The van der Waals surface area contributed by atoms with Crippen LogP contribution in [0, 0.1) is 0 Å². The van der Waals surface area contributed by atoms with Gasteiger partial charge in [0.05, 0.1) is 17.7 Å². The monoisotopic (exact) mass is 383 g/mol. The Bertz CT molecular complexity index is 1080. The first kappa shape index (κ1) is 17.2. The molecule has 7 heteroatoms. The molecule has 1 N–H and O–H groups in total. The summed E-state index contributed by atoms with van der Waals surface area (Å²) in [4.78, 5) is 0.180. The molecule has 0 fully saturated rings. The van der Waals surface area contributed by atoms with Gasteiger partial charge in [0.1, 0.15) is 5.75 Å². The summed E-state index contributed by atoms with van der Waals surface area (Å²) >= 11 is 0. The van der Waals surface area contributed by atoms with Crippen LogP contribution in [0.2, 0.25) is 0 Å². The van der Waals surface area contributed by atoms with E-state index in [1.54, 1.807) is 49.6 Å². The highest BCUT2D eigenvalue weighted by Gasteiger charge is 2.22. The zero-order valence-corrected chi connectivity index (χ0v) is 15.3. The number of sulfonamides is 1. The minimum Gasteiger partial charge on any atom is -0.497 e. The van der Waals surface area contributed by atoms with E-state index in [9.17, 15) is 8.42 Å². The second kappa shape index (κ2) is 6.85. The second-order valence-corrected chi connectivity index (χ2v) is 7.58. The van der Waals surface area contributed by atoms with Crippen molar-refractivity contribution in [3.8, 4) is 28.4 Å². The van der Waals surface area contributed by atoms with Crippen LogP contribution in [0.1, 0.15) is 0 Å². The third-order valence-corrected chi connectivity index (χ3v) is 5.57. The average Bonchev–Trinajstić information content (AvgIpc) is 3.15. The van der Waals surface area contributed by atoms with Crippen LogP contribution >= 0.6 is 0 Å². The maximum absolute atomic E-state index is 12.8. The molecule has 1 aliphatic heterocycles. The molecule has 0 aromatic heterocycles. The van der Waals surface area contributed by atoms with E-state index in [0.29, 0.717) is 28.5 Å². The van der Waals surface area contributed by atoms with Crippen molar-refractivity contribution in [3.05, 3.63) is 66.7 Å². The molecule has 0 spiro atoms. The molecule has 3 aromatic carbocycles. The molecule has 3 aromatic rings. The lowest BCUT2D eigenvalue weighted by molar-refractivity contribution is 0.174. The van der Waals surface area contributed by atoms with Crippen molar-refractivity contribution < 1.29 is 22.6 Å². The van der Waals surface area contributed by atoms with Crippen LogP contribution in [0.25, 0.3) is 11.1 Å². The molecule has 6 nitrogen and oxygen atoms in total. The SMILES string of the molecule is COc1cccc(-c2cc3c(cc2NS(=O)(=O)c2ccccc2)OCO3)c1. The quantitative estimate of drug-likeness (QED) is 0.724. The molecule has 138 valence electrons. The Hall–Kier alpha value is -3.19. The molecular formula is C20H17NO5S. The van der Waals surface area contributed by atoms with Crippen molar-refractivity contribution in [1.29, 1.82) is 0 Å². The summed E-state index contributed by atoms with van der Waals surface area (Å²) in [6.07, 6.45) is 0. The highest BCUT2D eigenvalue weighted by molar-refractivity contribution is 7.92. The summed E-state index contributed by atoms with van der Waals surface area (Å²) in [6.45, 7) is 0.0990. The van der Waals surface area contributed by atoms with Crippen molar-refractivity contribution in [2.45, 2.75) is 4.90 Å². The third kappa shape index (κ3) is 3.41. The maximum Gasteiger partial charge on any atom is 0.261 e. The Kier molecular flexibility index (Phi) is 4.37. The Morgan fingerprint density at radius 2 is 1.67 bits per heavy atom. The fourth-order valence-corrected chi connectivity index (χ4v) is 3.95. The van der Waals surface area contributed by atoms with E-state index in [0.717, 1.165) is 5.56 Å². The van der Waals surface area contributed by atoms with Crippen molar-refractivity contribution in [2.75, 3.05) is 18.6 Å². The van der Waals surface area contributed by atoms with Gasteiger partial charge >= 0.3 is 0 Å². The molecular weight excluding hydrogens is 366 g/mol. The predicted octanol–water partition coefficient (Wildman–Crippen LogP) is 3.89. The van der Waals surface area contributed by atoms with Crippen LogP contribution in [-0.4, -0.2) is 22.3 Å². The molecule has 0 unspecified atom stereocenters. The van der Waals surface area contributed by atoms with Crippen LogP contribution in [0.4, 0.5) is 5.69 Å². The van der Waals surface area contributed by atoms with Gasteiger partial charge < -0.3 is 14.2 Å². The second-order valence-electron chi connectivity index (χ2n) is 5.90. The van der Waals surface area contributed by atoms with Gasteiger partial charge in [-0.3, -0.25) is 4.72 Å². The van der Waals surface area contributed by atoms with Gasteiger partial charge in [-0.1, -0.05) is 30.3 Å². The van der Waals surface area contributed by atoms with Crippen LogP contribution in [0.15, 0.2) is 71.6 Å². The largest absolute Gasteiger partial charge is 0.497 e. The Morgan fingerprint density at radius 3 is 2.41 bits per heavy atom. The summed E-state index contributed by atoms with van der Waals surface area (Å²) in [5.74, 6) is 1.73. The number of methoxy groups -OCH3 is 1. The molecule has 0 saturated carbocycles. The minimum atomic E-state index is -3.75. The maximum atomic E-state index is 12.8. The normalized spacial score (nSPS) is 12.6. The molecule has 4 rings (SSSR count). The van der Waals surface area contributed by atoms with Gasteiger partial charge in [-0.2, -0.15) is 0 Å². The summed E-state index contributed by atoms with van der Waals surface area (Å²) in [5, 5.41) is 0. The van der Waals surface area contributed by atoms with E-state index in [1.807, 2.05) is 24.3 Å². The lowest BCUT2D eigenvalue weighted by Gasteiger charge is -2.14. The van der Waals surface area contributed by atoms with Crippen molar-refractivity contribution >= 4 is 15.7 Å². The van der Waals surface area contributed by atoms with Gasteiger partial charge in [0.2, 0.25) is 6.79 Å². The number of hydrogen-bond acceptors (Lipinski definition) is 5. The Balaban J connectivity index is 1.82. The van der Waals surface area contributed by atoms with Crippen LogP contribution in [-0.2, 0) is 10.0 Å². The van der Waals surface area contributed by atoms with Gasteiger partial charge in [-0.25, -0.2) is 8.42 Å². The first-order valence-electron chi connectivity index (χ1n) is 8.23. The standard InChI is InChI=1S/C20H17NO5S/c1-24-15-7-5-6-14(10-15)17-11-19-20(26-13-25-19)12-18(17)21-27(22,23)16-8-3-2-4-9-16/h2-12,21H,13H2,1H3. The molecule has 0 aliphatic carbocycles. The van der Waals surface area contributed by atoms with Crippen LogP contribution in [0.5, 0.6) is 17.2 Å². The fourth-order valence-electron chi connectivity index (χ4n) is 2.86. The predicted molar refractivity (Wildman–Crippen MR) is 102 cm³/mol. The van der Waals surface area contributed by atoms with Crippen molar-refractivity contribution in [3.63, 3.8) is 0 Å². The fraction of sp³-hybridized carbons (Fsp3) is 0.100. The zero-order chi connectivity index (χ0) is 18.9. The van der Waals surface area contributed by atoms with Crippen molar-refractivity contribution in [1.82, 2.24) is 0 Å². The number of fused-ring (bicyclic) bond motifs is 1. The van der Waals surface area contributed by atoms with E-state index < -0.39 is 10.0 Å². The van der Waals surface area contributed by atoms with E-state index in [1.165, 1.54) is 0 Å². The van der Waals surface area contributed by atoms with Gasteiger partial charge in [0, 0.05) is 11.6 Å². The highest BCUT2D eigenvalue weighted by atomic mass is 32.2. The smallest absolute Gasteiger partial charge is 0.261 e. The summed E-state index contributed by atoms with van der Waals surface area (Å²) in [7, 11) is -2.17. The van der Waals surface area contributed by atoms with Crippen LogP contribution < -0.4 is 18.9 Å². The highest BCUT2D eigenvalue weighted by Crippen LogP contribution is 2.42. The Morgan fingerprint density at radius 1 is 0.926 bits per heavy atom. The molecule has 0 radical (unpaired) electrons. The first-order chi connectivity index (χ1) is 13.1. The van der Waals surface area contributed by atoms with Crippen molar-refractivity contribution in [2.24, 2.45) is 0 Å². The van der Waals surface area contributed by atoms with E-state index in [-0.39, 0.29) is 11.7 Å². The number of benzene rings is 3. The first-order valence-corrected chi connectivity index (χ1v) is 9.71. The average molecular weight is 383 g/mol. The molecule has 0 bridgehead atoms. The van der Waals surface area contributed by atoms with Gasteiger partial charge in [-0.15, -0.1) is 0 Å². The van der Waals surface area contributed by atoms with Gasteiger partial charge in [-0.05, 0) is 35.9 Å². The number of nitrogens with one attached hydrogen (secondary N) is 1. The van der Waals surface area contributed by atoms with E-state index in [4.69, 9.17) is 14.2 Å². The third-order valence-electron chi connectivity index (χ3n) is 4.19. The summed E-state index contributed by atoms with van der Waals surface area (Å²) in [6, 6.07) is 19.0. The molecule has 0 saturated heterocycles. The minimum absolute atomic E-state index is 0.0990. The summed E-state index contributed by atoms with van der Waals surface area (Å²) < 4.78 is 44.4. The van der Waals surface area contributed by atoms with Gasteiger partial charge in [0.15, 0.2) is 11.5 Å². The van der Waals surface area contributed by atoms with Gasteiger partial charge in [0.25, 0.3) is 10.0 Å². The molecule has 1 aliphatic rings. The lowest BCUT2D eigenvalue weighted by atomic mass is 10.0. The number of ether oxygens (including phenoxy) is 3. The lowest BCUT2D eigenvalue weighted by Crippen LogP contribution is -2.13. The molecule has 0 atom stereocenters. The Labute approximate surface area is 157 Å². The van der Waals surface area contributed by atoms with Crippen LogP contribution in [0.3, 0.4) is 0 Å². The topological polar surface area (TPSA) is 73.9 Å². The van der Waals surface area contributed by atoms with E-state index >= 15 is 0 Å². The molecule has 1 heterocycles. The molecule has 27 heavy (non-hydrogen) atoms. The van der Waals surface area contributed by atoms with E-state index in [2.05, 4.69) is 4.72 Å².